The summed E-state index contributed by atoms with van der Waals surface area (Å²) < 4.78 is 39.7. The van der Waals surface area contributed by atoms with Crippen molar-refractivity contribution in [3.05, 3.63) is 66.7 Å². The van der Waals surface area contributed by atoms with E-state index in [0.717, 1.165) is 35.6 Å². The normalized spacial score (nSPS) is 26.0. The van der Waals surface area contributed by atoms with E-state index in [0.29, 0.717) is 36.7 Å². The first-order valence-corrected chi connectivity index (χ1v) is 18.4. The molecule has 0 spiro atoms. The summed E-state index contributed by atoms with van der Waals surface area (Å²) in [6.45, 7) is 0.639. The summed E-state index contributed by atoms with van der Waals surface area (Å²) in [6.07, 6.45) is 7.04. The fourth-order valence-electron chi connectivity index (χ4n) is 6.83. The molecular weight excluding hydrogens is 646 g/mol. The number of urea groups is 1. The monoisotopic (exact) mass is 687 g/mol. The number of rotatable bonds is 7. The van der Waals surface area contributed by atoms with Gasteiger partial charge in [0.1, 0.15) is 23.4 Å². The van der Waals surface area contributed by atoms with E-state index in [9.17, 15) is 22.8 Å². The molecular formula is C36H41N5O7S. The highest BCUT2D eigenvalue weighted by atomic mass is 32.2. The highest BCUT2D eigenvalue weighted by Crippen LogP contribution is 2.46. The Morgan fingerprint density at radius 1 is 1.08 bits per heavy atom. The third-order valence-corrected chi connectivity index (χ3v) is 11.8. The van der Waals surface area contributed by atoms with Crippen LogP contribution in [0.3, 0.4) is 0 Å². The van der Waals surface area contributed by atoms with E-state index in [2.05, 4.69) is 10.0 Å². The molecule has 4 amide bonds. The van der Waals surface area contributed by atoms with Gasteiger partial charge in [-0.15, -0.1) is 0 Å². The molecule has 2 saturated carbocycles. The fourth-order valence-corrected chi connectivity index (χ4v) is 8.20. The quantitative estimate of drug-likeness (QED) is 0.355. The standard InChI is InChI=1S/C36H41N5O7S/c1-40-17-9-4-3-8-12-25-21-36(25,34(43)39-49(45,46)28-14-15-28)38-32(42)31-20-27(22-41(31)35(40)44)48-33-29-16-13-26(47-2)18-24(29)19-30(37-33)23-10-6-5-7-11-23/h5-8,10-13,16,18-19,25,27-28,31H,3-4,9,14-15,17,20-22H2,1-2H3,(H,38,42)(H,39,43). The van der Waals surface area contributed by atoms with Crippen molar-refractivity contribution in [2.45, 2.75) is 67.9 Å². The molecule has 2 aromatic carbocycles. The van der Waals surface area contributed by atoms with Crippen molar-refractivity contribution in [2.75, 3.05) is 27.2 Å². The van der Waals surface area contributed by atoms with Crippen molar-refractivity contribution >= 4 is 38.6 Å². The molecule has 4 unspecified atom stereocenters. The van der Waals surface area contributed by atoms with Gasteiger partial charge in [-0.05, 0) is 68.2 Å². The van der Waals surface area contributed by atoms with Gasteiger partial charge >= 0.3 is 6.03 Å². The number of ether oxygens (including phenoxy) is 2. The lowest BCUT2D eigenvalue weighted by Gasteiger charge is -2.30. The summed E-state index contributed by atoms with van der Waals surface area (Å²) in [7, 11) is -0.508. The van der Waals surface area contributed by atoms with Gasteiger partial charge < -0.3 is 24.6 Å². The SMILES string of the molecule is COc1ccc2c(OC3CC4C(=O)NC5(C(=O)NS(=O)(=O)C6CC6)CC5C=CCCCCN(C)C(=O)N4C3)nc(-c3ccccc3)cc2c1. The summed E-state index contributed by atoms with van der Waals surface area (Å²) in [4.78, 5) is 49.5. The lowest BCUT2D eigenvalue weighted by molar-refractivity contribution is -0.131. The Morgan fingerprint density at radius 2 is 1.88 bits per heavy atom. The zero-order chi connectivity index (χ0) is 34.3. The molecule has 4 aliphatic rings. The zero-order valence-electron chi connectivity index (χ0n) is 27.6. The molecule has 0 radical (unpaired) electrons. The molecule has 258 valence electrons. The number of nitrogens with zero attached hydrogens (tertiary/aromatic N) is 3. The summed E-state index contributed by atoms with van der Waals surface area (Å²) in [6, 6.07) is 16.0. The molecule has 2 aliphatic carbocycles. The number of amides is 4. The van der Waals surface area contributed by atoms with E-state index in [4.69, 9.17) is 14.5 Å². The molecule has 2 N–H and O–H groups in total. The van der Waals surface area contributed by atoms with Crippen molar-refractivity contribution in [1.29, 1.82) is 0 Å². The maximum atomic E-state index is 14.1. The van der Waals surface area contributed by atoms with E-state index in [1.807, 2.05) is 66.7 Å². The third kappa shape index (κ3) is 6.68. The molecule has 1 aromatic heterocycles. The Balaban J connectivity index is 1.19. The number of benzene rings is 2. The molecule has 3 aromatic rings. The third-order valence-electron chi connectivity index (χ3n) is 9.94. The maximum absolute atomic E-state index is 14.1. The van der Waals surface area contributed by atoms with Crippen LogP contribution in [-0.4, -0.2) is 91.2 Å². The molecule has 3 fully saturated rings. The van der Waals surface area contributed by atoms with Crippen LogP contribution in [-0.2, 0) is 19.6 Å². The Hall–Kier alpha value is -4.65. The topological polar surface area (TPSA) is 147 Å². The average molecular weight is 688 g/mol. The molecule has 1 saturated heterocycles. The Kier molecular flexibility index (Phi) is 8.72. The van der Waals surface area contributed by atoms with Crippen molar-refractivity contribution in [3.63, 3.8) is 0 Å². The second-order valence-corrected chi connectivity index (χ2v) is 15.4. The molecule has 0 bridgehead atoms. The summed E-state index contributed by atoms with van der Waals surface area (Å²) >= 11 is 0. The van der Waals surface area contributed by atoms with Gasteiger partial charge in [0.15, 0.2) is 0 Å². The minimum Gasteiger partial charge on any atom is -0.497 e. The lowest BCUT2D eigenvalue weighted by Crippen LogP contribution is -2.57. The van der Waals surface area contributed by atoms with Crippen LogP contribution in [0.25, 0.3) is 22.0 Å². The molecule has 2 aliphatic heterocycles. The van der Waals surface area contributed by atoms with Gasteiger partial charge in [-0.2, -0.15) is 0 Å². The van der Waals surface area contributed by atoms with Gasteiger partial charge in [-0.25, -0.2) is 18.2 Å². The molecule has 4 atom stereocenters. The van der Waals surface area contributed by atoms with Crippen LogP contribution >= 0.6 is 0 Å². The predicted molar refractivity (Wildman–Crippen MR) is 183 cm³/mol. The number of hydrogen-bond donors (Lipinski definition) is 2. The maximum Gasteiger partial charge on any atom is 0.320 e. The average Bonchev–Trinajstić information content (AvgIpc) is 4.02. The van der Waals surface area contributed by atoms with Crippen molar-refractivity contribution in [2.24, 2.45) is 5.92 Å². The van der Waals surface area contributed by atoms with Crippen LogP contribution in [0.15, 0.2) is 66.7 Å². The zero-order valence-corrected chi connectivity index (χ0v) is 28.4. The van der Waals surface area contributed by atoms with E-state index in [1.165, 1.54) is 4.90 Å². The smallest absolute Gasteiger partial charge is 0.320 e. The number of nitrogens with one attached hydrogen (secondary N) is 2. The fraction of sp³-hybridized carbons (Fsp3) is 0.444. The number of allylic oxidation sites excluding steroid dienone is 1. The predicted octanol–water partition coefficient (Wildman–Crippen LogP) is 4.01. The summed E-state index contributed by atoms with van der Waals surface area (Å²) in [5.74, 6) is -0.576. The number of hydrogen-bond acceptors (Lipinski definition) is 8. The van der Waals surface area contributed by atoms with Crippen molar-refractivity contribution < 1.29 is 32.3 Å². The Labute approximate surface area is 285 Å². The van der Waals surface area contributed by atoms with E-state index in [-0.39, 0.29) is 31.3 Å². The number of carbonyl (C=O) groups is 3. The number of aromatic nitrogens is 1. The highest BCUT2D eigenvalue weighted by molar-refractivity contribution is 7.91. The molecule has 12 nitrogen and oxygen atoms in total. The summed E-state index contributed by atoms with van der Waals surface area (Å²) in [5.41, 5.74) is 0.181. The van der Waals surface area contributed by atoms with Crippen LogP contribution < -0.4 is 19.5 Å². The van der Waals surface area contributed by atoms with Gasteiger partial charge in [0, 0.05) is 36.9 Å². The number of carbonyl (C=O) groups excluding carboxylic acids is 3. The number of fused-ring (bicyclic) bond motifs is 3. The van der Waals surface area contributed by atoms with Crippen molar-refractivity contribution in [3.8, 4) is 22.9 Å². The number of pyridine rings is 1. The van der Waals surface area contributed by atoms with Crippen LogP contribution in [0.5, 0.6) is 11.6 Å². The van der Waals surface area contributed by atoms with E-state index in [1.54, 1.807) is 19.1 Å². The summed E-state index contributed by atoms with van der Waals surface area (Å²) in [5, 5.41) is 3.93. The second-order valence-electron chi connectivity index (χ2n) is 13.5. The van der Waals surface area contributed by atoms with Gasteiger partial charge in [0.25, 0.3) is 5.91 Å². The van der Waals surface area contributed by atoms with Gasteiger partial charge in [-0.1, -0.05) is 42.5 Å². The first-order chi connectivity index (χ1) is 23.6. The molecule has 7 rings (SSSR count). The Morgan fingerprint density at radius 3 is 2.63 bits per heavy atom. The minimum absolute atomic E-state index is 0.120. The van der Waals surface area contributed by atoms with Crippen LogP contribution in [0.2, 0.25) is 0 Å². The molecule has 3 heterocycles. The lowest BCUT2D eigenvalue weighted by atomic mass is 10.1. The number of sulfonamides is 1. The van der Waals surface area contributed by atoms with Crippen LogP contribution in [0, 0.1) is 5.92 Å². The first-order valence-electron chi connectivity index (χ1n) is 16.9. The van der Waals surface area contributed by atoms with Gasteiger partial charge in [0.05, 0.1) is 24.6 Å². The second kappa shape index (κ2) is 13.0. The van der Waals surface area contributed by atoms with E-state index >= 15 is 0 Å². The van der Waals surface area contributed by atoms with Crippen LogP contribution in [0.4, 0.5) is 4.79 Å². The first kappa shape index (κ1) is 32.9. The van der Waals surface area contributed by atoms with Gasteiger partial charge in [0.2, 0.25) is 21.8 Å². The minimum atomic E-state index is -3.83. The molecule has 13 heteroatoms. The number of methoxy groups -OCH3 is 1. The van der Waals surface area contributed by atoms with Crippen molar-refractivity contribution in [1.82, 2.24) is 24.8 Å². The van der Waals surface area contributed by atoms with Gasteiger partial charge in [-0.3, -0.25) is 14.3 Å². The Bertz CT molecular complexity index is 1920. The highest BCUT2D eigenvalue weighted by Gasteiger charge is 2.62. The van der Waals surface area contributed by atoms with Crippen LogP contribution in [0.1, 0.15) is 44.9 Å². The van der Waals surface area contributed by atoms with E-state index < -0.39 is 44.8 Å². The molecule has 49 heavy (non-hydrogen) atoms. The largest absolute Gasteiger partial charge is 0.497 e.